The Morgan fingerprint density at radius 2 is 1.68 bits per heavy atom. The number of methoxy groups -OCH3 is 1. The number of nitrogens with zero attached hydrogens (tertiary/aromatic N) is 1. The van der Waals surface area contributed by atoms with Crippen molar-refractivity contribution in [3.05, 3.63) is 29.3 Å². The Morgan fingerprint density at radius 1 is 1.02 bits per heavy atom. The van der Waals surface area contributed by atoms with Crippen molar-refractivity contribution in [2.24, 2.45) is 23.7 Å². The molecule has 0 saturated carbocycles. The maximum absolute atomic E-state index is 13.5. The van der Waals surface area contributed by atoms with E-state index in [-0.39, 0.29) is 36.1 Å². The number of aliphatic hydroxyl groups is 1. The molecule has 47 heavy (non-hydrogen) atoms. The van der Waals surface area contributed by atoms with E-state index in [9.17, 15) is 24.6 Å². The molecule has 3 amide bonds. The van der Waals surface area contributed by atoms with E-state index in [2.05, 4.69) is 42.7 Å². The molecule has 4 atom stereocenters. The summed E-state index contributed by atoms with van der Waals surface area (Å²) in [4.78, 5) is 39.2. The summed E-state index contributed by atoms with van der Waals surface area (Å²) in [5.74, 6) is 0.434. The summed E-state index contributed by atoms with van der Waals surface area (Å²) in [5.41, 5.74) is 1.45. The van der Waals surface area contributed by atoms with Crippen LogP contribution >= 0.6 is 0 Å². The van der Waals surface area contributed by atoms with Crippen LogP contribution in [-0.2, 0) is 20.7 Å². The van der Waals surface area contributed by atoms with Gasteiger partial charge >= 0.3 is 12.2 Å². The number of benzene rings is 1. The zero-order valence-corrected chi connectivity index (χ0v) is 30.1. The molecule has 1 aliphatic heterocycles. The Balaban J connectivity index is 2.22. The highest BCUT2D eigenvalue weighted by Gasteiger charge is 2.34. The lowest BCUT2D eigenvalue weighted by Crippen LogP contribution is -2.50. The molecule has 268 valence electrons. The molecule has 1 aromatic carbocycles. The summed E-state index contributed by atoms with van der Waals surface area (Å²) in [5, 5.41) is 27.0. The predicted octanol–water partition coefficient (Wildman–Crippen LogP) is 5.79. The molecule has 11 nitrogen and oxygen atoms in total. The molecule has 4 N–H and O–H groups in total. The van der Waals surface area contributed by atoms with Crippen molar-refractivity contribution in [1.82, 2.24) is 15.5 Å². The molecule has 1 heterocycles. The van der Waals surface area contributed by atoms with E-state index < -0.39 is 35.9 Å². The van der Waals surface area contributed by atoms with Gasteiger partial charge in [-0.3, -0.25) is 4.79 Å². The van der Waals surface area contributed by atoms with E-state index in [1.807, 2.05) is 20.8 Å². The zero-order chi connectivity index (χ0) is 35.3. The first-order chi connectivity index (χ1) is 22.0. The number of likely N-dealkylation sites (tertiary alicyclic amines) is 1. The Bertz CT molecular complexity index is 1130. The third-order valence-corrected chi connectivity index (χ3v) is 8.92. The summed E-state index contributed by atoms with van der Waals surface area (Å²) in [6.07, 6.45) is 0.680. The average molecular weight is 664 g/mol. The number of ether oxygens (including phenoxy) is 3. The largest absolute Gasteiger partial charge is 0.493 e. The maximum Gasteiger partial charge on any atom is 0.407 e. The summed E-state index contributed by atoms with van der Waals surface area (Å²) in [6, 6.07) is 5.45. The minimum Gasteiger partial charge on any atom is -0.493 e. The van der Waals surface area contributed by atoms with Gasteiger partial charge in [0.05, 0.1) is 18.8 Å². The Kier molecular flexibility index (Phi) is 16.3. The van der Waals surface area contributed by atoms with Gasteiger partial charge in [0.25, 0.3) is 0 Å². The van der Waals surface area contributed by atoms with Crippen LogP contribution in [0.4, 0.5) is 9.59 Å². The normalized spacial score (nSPS) is 16.8. The van der Waals surface area contributed by atoms with Gasteiger partial charge in [0.1, 0.15) is 11.4 Å². The number of nitrogens with one attached hydrogen (secondary N) is 2. The van der Waals surface area contributed by atoms with Crippen LogP contribution in [0.15, 0.2) is 18.2 Å². The molecule has 1 aromatic rings. The average Bonchev–Trinajstić information content (AvgIpc) is 2.97. The van der Waals surface area contributed by atoms with Gasteiger partial charge < -0.3 is 40.0 Å². The van der Waals surface area contributed by atoms with E-state index in [0.29, 0.717) is 52.0 Å². The summed E-state index contributed by atoms with van der Waals surface area (Å²) in [7, 11) is 1.67. The van der Waals surface area contributed by atoms with Gasteiger partial charge in [-0.05, 0) is 94.7 Å². The third kappa shape index (κ3) is 14.3. The number of aliphatic hydroxyl groups excluding tert-OH is 1. The molecule has 0 spiro atoms. The van der Waals surface area contributed by atoms with Gasteiger partial charge in [-0.1, -0.05) is 39.8 Å². The minimum atomic E-state index is -1.01. The first-order valence-electron chi connectivity index (χ1n) is 17.2. The van der Waals surface area contributed by atoms with Gasteiger partial charge in [0.15, 0.2) is 0 Å². The van der Waals surface area contributed by atoms with Crippen LogP contribution < -0.4 is 15.4 Å². The Labute approximate surface area is 282 Å². The van der Waals surface area contributed by atoms with Crippen LogP contribution in [0.1, 0.15) is 91.7 Å². The minimum absolute atomic E-state index is 0.0679. The number of hydrogen-bond donors (Lipinski definition) is 4. The molecule has 0 aromatic heterocycles. The SMILES string of the molecule is COCCCOc1cc(CC(CC(NC(=O)OC(C)(C)C)C(O)CC(C(=O)NC2CCN(C(=O)O)CC2)C(C)C)C(C)C)ccc1C. The highest BCUT2D eigenvalue weighted by molar-refractivity contribution is 5.79. The molecule has 4 unspecified atom stereocenters. The standard InChI is InChI=1S/C36H61N3O8/c1-23(2)27(19-26-12-11-25(5)32(20-26)46-18-10-17-45-9)21-30(38-34(42)47-36(6,7)8)31(40)22-29(24(3)4)33(41)37-28-13-15-39(16-14-28)35(43)44/h11-12,20,23-24,27-31,40H,10,13-19,21-22H2,1-9H3,(H,37,41)(H,38,42)(H,43,44). The van der Waals surface area contributed by atoms with Crippen LogP contribution in [-0.4, -0.2) is 90.4 Å². The van der Waals surface area contributed by atoms with E-state index in [1.165, 1.54) is 4.90 Å². The molecule has 11 heteroatoms. The number of carboxylic acid groups (broad SMARTS) is 1. The lowest BCUT2D eigenvalue weighted by Gasteiger charge is -2.34. The molecule has 2 rings (SSSR count). The number of amides is 3. The van der Waals surface area contributed by atoms with E-state index in [1.54, 1.807) is 27.9 Å². The molecule has 1 aliphatic rings. The zero-order valence-electron chi connectivity index (χ0n) is 30.1. The third-order valence-electron chi connectivity index (χ3n) is 8.92. The van der Waals surface area contributed by atoms with Crippen molar-refractivity contribution in [3.8, 4) is 5.75 Å². The summed E-state index contributed by atoms with van der Waals surface area (Å²) >= 11 is 0. The van der Waals surface area contributed by atoms with Gasteiger partial charge in [0.2, 0.25) is 5.91 Å². The number of aryl methyl sites for hydroxylation is 1. The van der Waals surface area contributed by atoms with Gasteiger partial charge in [-0.2, -0.15) is 0 Å². The number of alkyl carbamates (subject to hydrolysis) is 1. The molecular weight excluding hydrogens is 602 g/mol. The molecule has 1 fully saturated rings. The maximum atomic E-state index is 13.5. The van der Waals surface area contributed by atoms with Crippen molar-refractivity contribution in [2.75, 3.05) is 33.4 Å². The van der Waals surface area contributed by atoms with Crippen molar-refractivity contribution in [1.29, 1.82) is 0 Å². The lowest BCUT2D eigenvalue weighted by atomic mass is 9.80. The Morgan fingerprint density at radius 3 is 2.23 bits per heavy atom. The summed E-state index contributed by atoms with van der Waals surface area (Å²) < 4.78 is 16.8. The van der Waals surface area contributed by atoms with Crippen molar-refractivity contribution >= 4 is 18.1 Å². The fourth-order valence-corrected chi connectivity index (χ4v) is 5.93. The quantitative estimate of drug-likeness (QED) is 0.153. The van der Waals surface area contributed by atoms with Gasteiger partial charge in [0, 0.05) is 45.2 Å². The van der Waals surface area contributed by atoms with E-state index >= 15 is 0 Å². The first kappa shape index (κ1) is 40.1. The predicted molar refractivity (Wildman–Crippen MR) is 183 cm³/mol. The van der Waals surface area contributed by atoms with Crippen molar-refractivity contribution < 1.29 is 38.8 Å². The second kappa shape index (κ2) is 19.1. The number of rotatable bonds is 17. The Hall–Kier alpha value is -3.05. The number of piperidine rings is 1. The highest BCUT2D eigenvalue weighted by atomic mass is 16.6. The van der Waals surface area contributed by atoms with Crippen LogP contribution in [0.3, 0.4) is 0 Å². The van der Waals surface area contributed by atoms with Crippen molar-refractivity contribution in [3.63, 3.8) is 0 Å². The molecular formula is C36H61N3O8. The van der Waals surface area contributed by atoms with Crippen molar-refractivity contribution in [2.45, 2.75) is 118 Å². The van der Waals surface area contributed by atoms with Crippen LogP contribution in [0.2, 0.25) is 0 Å². The number of hydrogen-bond acceptors (Lipinski definition) is 7. The van der Waals surface area contributed by atoms with Gasteiger partial charge in [-0.25, -0.2) is 9.59 Å². The highest BCUT2D eigenvalue weighted by Crippen LogP contribution is 2.29. The van der Waals surface area contributed by atoms with Gasteiger partial charge in [-0.15, -0.1) is 0 Å². The van der Waals surface area contributed by atoms with Crippen LogP contribution in [0.25, 0.3) is 0 Å². The molecule has 1 saturated heterocycles. The number of carbonyl (C=O) groups excluding carboxylic acids is 2. The molecule has 0 radical (unpaired) electrons. The lowest BCUT2D eigenvalue weighted by molar-refractivity contribution is -0.128. The smallest absolute Gasteiger partial charge is 0.407 e. The van der Waals surface area contributed by atoms with Crippen LogP contribution in [0, 0.1) is 30.6 Å². The second-order valence-corrected chi connectivity index (χ2v) is 14.7. The molecule has 0 aliphatic carbocycles. The van der Waals surface area contributed by atoms with E-state index in [0.717, 1.165) is 23.3 Å². The molecule has 0 bridgehead atoms. The fraction of sp³-hybridized carbons (Fsp3) is 0.750. The fourth-order valence-electron chi connectivity index (χ4n) is 5.93. The summed E-state index contributed by atoms with van der Waals surface area (Å²) in [6.45, 7) is 17.5. The number of carbonyl (C=O) groups is 3. The second-order valence-electron chi connectivity index (χ2n) is 14.7. The van der Waals surface area contributed by atoms with Crippen LogP contribution in [0.5, 0.6) is 5.75 Å². The topological polar surface area (TPSA) is 147 Å². The monoisotopic (exact) mass is 663 g/mol. The van der Waals surface area contributed by atoms with E-state index in [4.69, 9.17) is 14.2 Å². The first-order valence-corrected chi connectivity index (χ1v) is 17.2.